The van der Waals surface area contributed by atoms with Crippen LogP contribution in [0.3, 0.4) is 0 Å². The molecule has 1 fully saturated rings. The van der Waals surface area contributed by atoms with Crippen molar-refractivity contribution in [1.29, 1.82) is 0 Å². The Kier molecular flexibility index (Phi) is 5.18. The van der Waals surface area contributed by atoms with E-state index >= 15 is 0 Å². The zero-order valence-electron chi connectivity index (χ0n) is 22.1. The fourth-order valence-electron chi connectivity index (χ4n) is 6.87. The van der Waals surface area contributed by atoms with Crippen LogP contribution < -0.4 is 4.74 Å². The van der Waals surface area contributed by atoms with Crippen LogP contribution in [0.25, 0.3) is 16.6 Å². The second-order valence-corrected chi connectivity index (χ2v) is 11.4. The van der Waals surface area contributed by atoms with E-state index in [9.17, 15) is 23.8 Å². The lowest BCUT2D eigenvalue weighted by Gasteiger charge is -2.46. The Hall–Kier alpha value is -3.96. The van der Waals surface area contributed by atoms with Crippen LogP contribution in [0.4, 0.5) is 8.78 Å². The Bertz CT molecular complexity index is 1710. The molecule has 0 spiro atoms. The summed E-state index contributed by atoms with van der Waals surface area (Å²) in [7, 11) is 1.71. The number of aryl methyl sites for hydroxylation is 1. The zero-order chi connectivity index (χ0) is 28.1. The highest BCUT2D eigenvalue weighted by Gasteiger charge is 2.53. The molecule has 1 amide bonds. The van der Waals surface area contributed by atoms with Crippen molar-refractivity contribution in [3.63, 3.8) is 0 Å². The van der Waals surface area contributed by atoms with Crippen molar-refractivity contribution in [3.05, 3.63) is 76.6 Å². The minimum atomic E-state index is -3.02. The number of aromatic nitrogens is 4. The molecule has 0 unspecified atom stereocenters. The Balaban J connectivity index is 1.35. The second-order valence-electron chi connectivity index (χ2n) is 11.4. The molecule has 2 atom stereocenters. The lowest BCUT2D eigenvalue weighted by Crippen LogP contribution is -2.53. The molecule has 1 aromatic carbocycles. The molecule has 2 aliphatic carbocycles. The highest BCUT2D eigenvalue weighted by atomic mass is 19.3. The Morgan fingerprint density at radius 2 is 1.93 bits per heavy atom. The highest BCUT2D eigenvalue weighted by molar-refractivity contribution is 5.98. The summed E-state index contributed by atoms with van der Waals surface area (Å²) in [6.45, 7) is 0.492. The van der Waals surface area contributed by atoms with Crippen molar-refractivity contribution in [2.75, 3.05) is 7.05 Å². The fourth-order valence-corrected chi connectivity index (χ4v) is 6.87. The first-order valence-corrected chi connectivity index (χ1v) is 13.1. The monoisotopic (exact) mass is 547 g/mol. The van der Waals surface area contributed by atoms with E-state index in [0.29, 0.717) is 23.2 Å². The molecule has 1 aliphatic heterocycles. The van der Waals surface area contributed by atoms with Gasteiger partial charge in [-0.25, -0.2) is 14.5 Å². The number of fused-ring (bicyclic) bond motifs is 9. The van der Waals surface area contributed by atoms with Gasteiger partial charge < -0.3 is 19.8 Å². The molecule has 7 rings (SSSR count). The maximum atomic E-state index is 13.4. The summed E-state index contributed by atoms with van der Waals surface area (Å²) in [4.78, 5) is 24.0. The smallest absolute Gasteiger partial charge is 0.387 e. The predicted octanol–water partition coefficient (Wildman–Crippen LogP) is 4.10. The highest BCUT2D eigenvalue weighted by Crippen LogP contribution is 2.53. The number of rotatable bonds is 4. The van der Waals surface area contributed by atoms with Gasteiger partial charge in [-0.15, -0.1) is 0 Å². The molecule has 1 saturated carbocycles. The van der Waals surface area contributed by atoms with E-state index in [4.69, 9.17) is 9.84 Å². The van der Waals surface area contributed by atoms with E-state index in [1.165, 1.54) is 6.07 Å². The van der Waals surface area contributed by atoms with Crippen LogP contribution in [-0.4, -0.2) is 59.9 Å². The number of hydrogen-bond acceptors (Lipinski definition) is 7. The first kappa shape index (κ1) is 25.0. The molecule has 0 radical (unpaired) electrons. The standard InChI is InChI=1S/C29H27F2N5O4/c1-14-18(11-32-26(33-14)29(39)12-28(2,38)13-29)15-7-8-36-19(9-15)23-17-10-20(24(23)34-36)35(3)25(37)16-5-4-6-21(22(16)17)40-27(30)31/h4-9,11,17,20,27,38-39H,10,12-13H2,1-3H3/t17-,20-,28?,29?/m1/s1. The average molecular weight is 548 g/mol. The summed E-state index contributed by atoms with van der Waals surface area (Å²) in [5.74, 6) is -0.344. The van der Waals surface area contributed by atoms with Crippen molar-refractivity contribution in [3.8, 4) is 16.9 Å². The third kappa shape index (κ3) is 3.57. The normalized spacial score (nSPS) is 27.0. The molecule has 4 heterocycles. The number of amides is 1. The lowest BCUT2D eigenvalue weighted by atomic mass is 9.68. The molecular weight excluding hydrogens is 520 g/mol. The minimum absolute atomic E-state index is 0.00371. The van der Waals surface area contributed by atoms with Crippen molar-refractivity contribution in [1.82, 2.24) is 24.5 Å². The van der Waals surface area contributed by atoms with E-state index in [0.717, 1.165) is 27.9 Å². The summed E-state index contributed by atoms with van der Waals surface area (Å²) in [5.41, 5.74) is 3.27. The van der Waals surface area contributed by atoms with E-state index in [-0.39, 0.29) is 42.3 Å². The molecule has 9 nitrogen and oxygen atoms in total. The van der Waals surface area contributed by atoms with Crippen molar-refractivity contribution >= 4 is 11.4 Å². The van der Waals surface area contributed by atoms with Gasteiger partial charge in [0.15, 0.2) is 5.82 Å². The topological polar surface area (TPSA) is 113 Å². The zero-order valence-corrected chi connectivity index (χ0v) is 22.1. The van der Waals surface area contributed by atoms with E-state index in [1.807, 2.05) is 25.3 Å². The molecule has 2 N–H and O–H groups in total. The summed E-state index contributed by atoms with van der Waals surface area (Å²) in [5, 5.41) is 25.8. The third-order valence-corrected chi connectivity index (χ3v) is 8.53. The van der Waals surface area contributed by atoms with Gasteiger partial charge in [-0.05, 0) is 50.1 Å². The van der Waals surface area contributed by atoms with Gasteiger partial charge in [0.25, 0.3) is 5.91 Å². The summed E-state index contributed by atoms with van der Waals surface area (Å²) in [6, 6.07) is 8.24. The molecule has 0 saturated heterocycles. The quantitative estimate of drug-likeness (QED) is 0.396. The number of alkyl halides is 2. The van der Waals surface area contributed by atoms with E-state index in [1.54, 1.807) is 41.7 Å². The van der Waals surface area contributed by atoms with Gasteiger partial charge in [0.1, 0.15) is 11.4 Å². The number of nitrogens with zero attached hydrogens (tertiary/aromatic N) is 5. The van der Waals surface area contributed by atoms with Crippen LogP contribution in [0.15, 0.2) is 42.7 Å². The molecule has 3 aromatic heterocycles. The molecule has 206 valence electrons. The van der Waals surface area contributed by atoms with Crippen LogP contribution in [0.1, 0.15) is 76.8 Å². The number of halogens is 2. The summed E-state index contributed by atoms with van der Waals surface area (Å²) >= 11 is 0. The fraction of sp³-hybridized carbons (Fsp3) is 0.379. The van der Waals surface area contributed by atoms with Crippen LogP contribution in [-0.2, 0) is 5.60 Å². The van der Waals surface area contributed by atoms with Crippen LogP contribution in [0, 0.1) is 6.92 Å². The largest absolute Gasteiger partial charge is 0.434 e. The van der Waals surface area contributed by atoms with E-state index < -0.39 is 17.8 Å². The number of hydrogen-bond donors (Lipinski definition) is 2. The predicted molar refractivity (Wildman–Crippen MR) is 139 cm³/mol. The van der Waals surface area contributed by atoms with Crippen LogP contribution >= 0.6 is 0 Å². The number of aliphatic hydroxyl groups is 2. The molecule has 4 aromatic rings. The number of carbonyl (C=O) groups excluding carboxylic acids is 1. The van der Waals surface area contributed by atoms with Crippen molar-refractivity contribution in [2.45, 2.75) is 62.9 Å². The maximum absolute atomic E-state index is 13.4. The second kappa shape index (κ2) is 8.28. The molecule has 3 aliphatic rings. The van der Waals surface area contributed by atoms with Crippen molar-refractivity contribution in [2.24, 2.45) is 0 Å². The average Bonchev–Trinajstić information content (AvgIpc) is 3.40. The summed E-state index contributed by atoms with van der Waals surface area (Å²) < 4.78 is 33.4. The molecular formula is C29H27F2N5O4. The maximum Gasteiger partial charge on any atom is 0.387 e. The number of carbonyl (C=O) groups is 1. The van der Waals surface area contributed by atoms with Crippen LogP contribution in [0.5, 0.6) is 5.75 Å². The van der Waals surface area contributed by atoms with Gasteiger partial charge >= 0.3 is 6.61 Å². The first-order valence-electron chi connectivity index (χ1n) is 13.1. The van der Waals surface area contributed by atoms with Crippen LogP contribution in [0.2, 0.25) is 0 Å². The molecule has 2 bridgehead atoms. The van der Waals surface area contributed by atoms with Gasteiger partial charge in [-0.3, -0.25) is 4.79 Å². The number of pyridine rings is 1. The van der Waals surface area contributed by atoms with Gasteiger partial charge in [0, 0.05) is 66.1 Å². The SMILES string of the molecule is Cc1nc(C2(O)CC(C)(O)C2)ncc1-c1ccn2nc3c(c2c1)[C@@H]1C[C@H]3N(C)C(=O)c2cccc(OC(F)F)c21. The number of benzene rings is 1. The Morgan fingerprint density at radius 3 is 2.62 bits per heavy atom. The van der Waals surface area contributed by atoms with Gasteiger partial charge in [-0.1, -0.05) is 6.07 Å². The summed E-state index contributed by atoms with van der Waals surface area (Å²) in [6.07, 6.45) is 4.35. The number of ether oxygens (including phenoxy) is 1. The Morgan fingerprint density at radius 1 is 1.15 bits per heavy atom. The minimum Gasteiger partial charge on any atom is -0.434 e. The van der Waals surface area contributed by atoms with Gasteiger partial charge in [0.05, 0.1) is 22.9 Å². The molecule has 40 heavy (non-hydrogen) atoms. The molecule has 11 heteroatoms. The van der Waals surface area contributed by atoms with E-state index in [2.05, 4.69) is 9.97 Å². The lowest BCUT2D eigenvalue weighted by molar-refractivity contribution is -0.180. The van der Waals surface area contributed by atoms with Gasteiger partial charge in [-0.2, -0.15) is 13.9 Å². The van der Waals surface area contributed by atoms with Crippen molar-refractivity contribution < 1.29 is 28.5 Å². The third-order valence-electron chi connectivity index (χ3n) is 8.53. The van der Waals surface area contributed by atoms with Gasteiger partial charge in [0.2, 0.25) is 0 Å². The Labute approximate surface area is 228 Å². The first-order chi connectivity index (χ1) is 19.0.